The number of thioether (sulfide) groups is 1. The molecule has 2 aromatic heterocycles. The highest BCUT2D eigenvalue weighted by Crippen LogP contribution is 2.26. The Balaban J connectivity index is 1.57. The molecule has 1 N–H and O–H groups in total. The Bertz CT molecular complexity index is 751. The molecular weight excluding hydrogens is 334 g/mol. The Morgan fingerprint density at radius 1 is 1.23 bits per heavy atom. The van der Waals surface area contributed by atoms with E-state index in [1.807, 2.05) is 11.4 Å². The van der Waals surface area contributed by atoms with E-state index in [-0.39, 0.29) is 5.91 Å². The molecule has 0 saturated heterocycles. The van der Waals surface area contributed by atoms with Gasteiger partial charge in [-0.15, -0.1) is 33.3 Å². The Kier molecular flexibility index (Phi) is 4.87. The van der Waals surface area contributed by atoms with Crippen molar-refractivity contribution in [2.45, 2.75) is 17.6 Å². The average molecular weight is 347 g/mol. The van der Waals surface area contributed by atoms with Crippen molar-refractivity contribution in [2.24, 2.45) is 0 Å². The molecule has 3 aromatic rings. The van der Waals surface area contributed by atoms with Crippen molar-refractivity contribution >= 4 is 45.5 Å². The monoisotopic (exact) mass is 347 g/mol. The van der Waals surface area contributed by atoms with Crippen molar-refractivity contribution in [2.75, 3.05) is 5.32 Å². The van der Waals surface area contributed by atoms with Gasteiger partial charge >= 0.3 is 0 Å². The first-order valence-corrected chi connectivity index (χ1v) is 9.25. The molecule has 1 aromatic carbocycles. The number of aryl methyl sites for hydroxylation is 1. The van der Waals surface area contributed by atoms with Gasteiger partial charge < -0.3 is 0 Å². The standard InChI is InChI=1S/C15H13N3OS3/c1-10-4-6-11(7-5-10)21-9-13-17-18-15(22-13)16-14(19)12-3-2-8-20-12/h2-8H,9H2,1H3,(H,16,18,19). The maximum absolute atomic E-state index is 11.9. The van der Waals surface area contributed by atoms with Crippen LogP contribution in [0.1, 0.15) is 20.2 Å². The van der Waals surface area contributed by atoms with Crippen LogP contribution in [0.5, 0.6) is 0 Å². The zero-order valence-electron chi connectivity index (χ0n) is 11.8. The number of aromatic nitrogens is 2. The number of amides is 1. The molecule has 112 valence electrons. The maximum atomic E-state index is 11.9. The zero-order chi connectivity index (χ0) is 15.4. The summed E-state index contributed by atoms with van der Waals surface area (Å²) in [5, 5.41) is 14.2. The zero-order valence-corrected chi connectivity index (χ0v) is 14.2. The number of carbonyl (C=O) groups is 1. The van der Waals surface area contributed by atoms with E-state index < -0.39 is 0 Å². The van der Waals surface area contributed by atoms with E-state index >= 15 is 0 Å². The maximum Gasteiger partial charge on any atom is 0.267 e. The number of benzene rings is 1. The molecule has 0 unspecified atom stereocenters. The highest BCUT2D eigenvalue weighted by atomic mass is 32.2. The van der Waals surface area contributed by atoms with Crippen LogP contribution < -0.4 is 5.32 Å². The van der Waals surface area contributed by atoms with Crippen LogP contribution in [0.2, 0.25) is 0 Å². The summed E-state index contributed by atoms with van der Waals surface area (Å²) in [7, 11) is 0. The lowest BCUT2D eigenvalue weighted by molar-refractivity contribution is 0.103. The summed E-state index contributed by atoms with van der Waals surface area (Å²) < 4.78 is 0. The molecule has 0 atom stereocenters. The molecule has 7 heteroatoms. The first kappa shape index (κ1) is 15.2. The molecule has 3 rings (SSSR count). The predicted octanol–water partition coefficient (Wildman–Crippen LogP) is 4.45. The summed E-state index contributed by atoms with van der Waals surface area (Å²) in [5.41, 5.74) is 1.25. The molecule has 0 spiro atoms. The van der Waals surface area contributed by atoms with Crippen molar-refractivity contribution < 1.29 is 4.79 Å². The summed E-state index contributed by atoms with van der Waals surface area (Å²) in [6.07, 6.45) is 0. The third kappa shape index (κ3) is 3.94. The van der Waals surface area contributed by atoms with E-state index in [1.54, 1.807) is 17.8 Å². The number of rotatable bonds is 5. The van der Waals surface area contributed by atoms with Crippen LogP contribution in [0, 0.1) is 6.92 Å². The minimum Gasteiger partial charge on any atom is -0.296 e. The van der Waals surface area contributed by atoms with Crippen molar-refractivity contribution in [1.82, 2.24) is 10.2 Å². The van der Waals surface area contributed by atoms with Crippen LogP contribution in [0.4, 0.5) is 5.13 Å². The fourth-order valence-electron chi connectivity index (χ4n) is 1.71. The number of anilines is 1. The number of hydrogen-bond donors (Lipinski definition) is 1. The van der Waals surface area contributed by atoms with Gasteiger partial charge in [-0.25, -0.2) is 0 Å². The van der Waals surface area contributed by atoms with Gasteiger partial charge in [0.1, 0.15) is 5.01 Å². The summed E-state index contributed by atoms with van der Waals surface area (Å²) in [4.78, 5) is 13.8. The molecule has 0 aliphatic heterocycles. The van der Waals surface area contributed by atoms with Gasteiger partial charge in [-0.3, -0.25) is 10.1 Å². The van der Waals surface area contributed by atoms with Gasteiger partial charge in [0.05, 0.1) is 10.6 Å². The molecule has 0 bridgehead atoms. The lowest BCUT2D eigenvalue weighted by Crippen LogP contribution is -2.09. The van der Waals surface area contributed by atoms with Crippen molar-refractivity contribution in [1.29, 1.82) is 0 Å². The summed E-state index contributed by atoms with van der Waals surface area (Å²) in [5.74, 6) is 0.610. The number of nitrogens with one attached hydrogen (secondary N) is 1. The van der Waals surface area contributed by atoms with E-state index in [0.717, 1.165) is 10.8 Å². The highest BCUT2D eigenvalue weighted by Gasteiger charge is 2.11. The molecule has 1 amide bonds. The molecule has 2 heterocycles. The summed E-state index contributed by atoms with van der Waals surface area (Å²) in [6.45, 7) is 2.07. The molecule has 0 fully saturated rings. The predicted molar refractivity (Wildman–Crippen MR) is 92.9 cm³/mol. The van der Waals surface area contributed by atoms with E-state index in [9.17, 15) is 4.79 Å². The Labute approximate surface area is 140 Å². The van der Waals surface area contributed by atoms with Gasteiger partial charge in [-0.05, 0) is 30.5 Å². The lowest BCUT2D eigenvalue weighted by Gasteiger charge is -1.99. The lowest BCUT2D eigenvalue weighted by atomic mass is 10.2. The van der Waals surface area contributed by atoms with Crippen molar-refractivity contribution in [3.05, 3.63) is 57.2 Å². The second kappa shape index (κ2) is 7.04. The van der Waals surface area contributed by atoms with Crippen molar-refractivity contribution in [3.8, 4) is 0 Å². The quantitative estimate of drug-likeness (QED) is 0.693. The second-order valence-electron chi connectivity index (χ2n) is 4.53. The first-order chi connectivity index (χ1) is 10.7. The average Bonchev–Trinajstić information content (AvgIpc) is 3.18. The van der Waals surface area contributed by atoms with Gasteiger partial charge in [0, 0.05) is 4.90 Å². The van der Waals surface area contributed by atoms with Gasteiger partial charge in [0.2, 0.25) is 5.13 Å². The van der Waals surface area contributed by atoms with Crippen LogP contribution in [0.25, 0.3) is 0 Å². The minimum absolute atomic E-state index is 0.135. The third-order valence-corrected chi connectivity index (χ3v) is 5.73. The van der Waals surface area contributed by atoms with Crippen LogP contribution >= 0.6 is 34.4 Å². The van der Waals surface area contributed by atoms with E-state index in [0.29, 0.717) is 10.0 Å². The number of nitrogens with zero attached hydrogens (tertiary/aromatic N) is 2. The second-order valence-corrected chi connectivity index (χ2v) is 7.59. The normalized spacial score (nSPS) is 10.6. The smallest absolute Gasteiger partial charge is 0.267 e. The molecule has 22 heavy (non-hydrogen) atoms. The van der Waals surface area contributed by atoms with Gasteiger partial charge in [-0.2, -0.15) is 0 Å². The molecule has 0 aliphatic rings. The Morgan fingerprint density at radius 2 is 2.05 bits per heavy atom. The fraction of sp³-hybridized carbons (Fsp3) is 0.133. The Hall–Kier alpha value is -1.70. The largest absolute Gasteiger partial charge is 0.296 e. The number of carbonyl (C=O) groups excluding carboxylic acids is 1. The van der Waals surface area contributed by atoms with Crippen molar-refractivity contribution in [3.63, 3.8) is 0 Å². The van der Waals surface area contributed by atoms with Gasteiger partial charge in [0.25, 0.3) is 5.91 Å². The van der Waals surface area contributed by atoms with Crippen LogP contribution in [-0.2, 0) is 5.75 Å². The highest BCUT2D eigenvalue weighted by molar-refractivity contribution is 7.98. The fourth-order valence-corrected chi connectivity index (χ4v) is 3.95. The first-order valence-electron chi connectivity index (χ1n) is 6.57. The summed E-state index contributed by atoms with van der Waals surface area (Å²) in [6, 6.07) is 12.0. The third-order valence-electron chi connectivity index (χ3n) is 2.82. The topological polar surface area (TPSA) is 54.9 Å². The van der Waals surface area contributed by atoms with Gasteiger partial charge in [-0.1, -0.05) is 35.1 Å². The SMILES string of the molecule is Cc1ccc(SCc2nnc(NC(=O)c3cccs3)s2)cc1. The summed E-state index contributed by atoms with van der Waals surface area (Å²) >= 11 is 4.53. The van der Waals surface area contributed by atoms with E-state index in [1.165, 1.54) is 33.1 Å². The van der Waals surface area contributed by atoms with E-state index in [4.69, 9.17) is 0 Å². The molecule has 4 nitrogen and oxygen atoms in total. The number of thiophene rings is 1. The van der Waals surface area contributed by atoms with Crippen LogP contribution in [-0.4, -0.2) is 16.1 Å². The van der Waals surface area contributed by atoms with E-state index in [2.05, 4.69) is 46.7 Å². The minimum atomic E-state index is -0.135. The Morgan fingerprint density at radius 3 is 2.77 bits per heavy atom. The molecule has 0 saturated carbocycles. The van der Waals surface area contributed by atoms with Crippen LogP contribution in [0.15, 0.2) is 46.7 Å². The van der Waals surface area contributed by atoms with Crippen LogP contribution in [0.3, 0.4) is 0 Å². The molecule has 0 radical (unpaired) electrons. The van der Waals surface area contributed by atoms with Gasteiger partial charge in [0.15, 0.2) is 0 Å². The molecule has 0 aliphatic carbocycles. The number of hydrogen-bond acceptors (Lipinski definition) is 6. The molecular formula is C15H13N3OS3.